The quantitative estimate of drug-likeness (QED) is 0.848. The van der Waals surface area contributed by atoms with Crippen LogP contribution >= 0.6 is 11.8 Å². The van der Waals surface area contributed by atoms with Crippen LogP contribution < -0.4 is 5.32 Å². The van der Waals surface area contributed by atoms with Gasteiger partial charge in [0.05, 0.1) is 12.0 Å². The molecule has 0 radical (unpaired) electrons. The van der Waals surface area contributed by atoms with Crippen LogP contribution in [0, 0.1) is 0 Å². The minimum Gasteiger partial charge on any atom is -0.480 e. The smallest absolute Gasteiger partial charge is 0.321 e. The van der Waals surface area contributed by atoms with Gasteiger partial charge in [-0.1, -0.05) is 18.2 Å². The lowest BCUT2D eigenvalue weighted by Gasteiger charge is -2.33. The van der Waals surface area contributed by atoms with E-state index in [1.165, 1.54) is 0 Å². The molecule has 2 saturated heterocycles. The Labute approximate surface area is 146 Å². The number of benzene rings is 1. The summed E-state index contributed by atoms with van der Waals surface area (Å²) in [6.07, 6.45) is 0.814. The first-order chi connectivity index (χ1) is 11.5. The van der Waals surface area contributed by atoms with Gasteiger partial charge in [0.1, 0.15) is 12.3 Å². The molecule has 132 valence electrons. The van der Waals surface area contributed by atoms with Crippen LogP contribution in [0.5, 0.6) is 0 Å². The molecule has 6 nitrogen and oxygen atoms in total. The Morgan fingerprint density at radius 1 is 1.29 bits per heavy atom. The molecule has 2 fully saturated rings. The van der Waals surface area contributed by atoms with Crippen molar-refractivity contribution in [2.75, 3.05) is 18.9 Å². The number of rotatable bonds is 2. The fourth-order valence-electron chi connectivity index (χ4n) is 2.54. The highest BCUT2D eigenvalue weighted by Crippen LogP contribution is 2.17. The van der Waals surface area contributed by atoms with Gasteiger partial charge in [-0.2, -0.15) is 0 Å². The normalized spacial score (nSPS) is 26.4. The standard InChI is InChI=1S/C12H15NO2.C5H9NO2S/c1-10-13(8-5-9-15-10)12(14)11-6-3-2-4-7-11;1-3-6-4(2-9-3)5(7)8/h2-4,6-7,10H,5,8-9H2,1H3;3-4,6H,2H2,1H3,(H,7,8). The zero-order chi connectivity index (χ0) is 17.5. The lowest BCUT2D eigenvalue weighted by atomic mass is 10.2. The molecule has 2 heterocycles. The number of hydrogen-bond acceptors (Lipinski definition) is 5. The fraction of sp³-hybridized carbons (Fsp3) is 0.529. The van der Waals surface area contributed by atoms with Crippen molar-refractivity contribution in [1.82, 2.24) is 10.2 Å². The summed E-state index contributed by atoms with van der Waals surface area (Å²) in [7, 11) is 0. The maximum atomic E-state index is 12.1. The average molecular weight is 352 g/mol. The van der Waals surface area contributed by atoms with Crippen LogP contribution in [0.15, 0.2) is 30.3 Å². The zero-order valence-electron chi connectivity index (χ0n) is 14.0. The first-order valence-corrected chi connectivity index (χ1v) is 9.12. The van der Waals surface area contributed by atoms with Crippen LogP contribution in [-0.4, -0.2) is 58.4 Å². The van der Waals surface area contributed by atoms with Gasteiger partial charge in [-0.05, 0) is 32.4 Å². The van der Waals surface area contributed by atoms with E-state index in [-0.39, 0.29) is 18.2 Å². The van der Waals surface area contributed by atoms with Crippen molar-refractivity contribution < 1.29 is 19.4 Å². The third-order valence-corrected chi connectivity index (χ3v) is 5.03. The van der Waals surface area contributed by atoms with Crippen LogP contribution in [0.1, 0.15) is 30.6 Å². The number of carbonyl (C=O) groups excluding carboxylic acids is 1. The molecule has 0 saturated carbocycles. The van der Waals surface area contributed by atoms with Crippen LogP contribution in [-0.2, 0) is 9.53 Å². The predicted octanol–water partition coefficient (Wildman–Crippen LogP) is 2.02. The Hall–Kier alpha value is -1.57. The number of carbonyl (C=O) groups is 2. The van der Waals surface area contributed by atoms with Gasteiger partial charge in [0, 0.05) is 17.9 Å². The molecule has 1 aromatic rings. The summed E-state index contributed by atoms with van der Waals surface area (Å²) in [5.41, 5.74) is 0.731. The molecular weight excluding hydrogens is 328 g/mol. The molecule has 7 heteroatoms. The number of ether oxygens (including phenoxy) is 1. The molecule has 24 heavy (non-hydrogen) atoms. The number of hydrogen-bond donors (Lipinski definition) is 2. The highest BCUT2D eigenvalue weighted by Gasteiger charge is 2.26. The highest BCUT2D eigenvalue weighted by atomic mass is 32.2. The van der Waals surface area contributed by atoms with Gasteiger partial charge in [0.2, 0.25) is 0 Å². The number of aliphatic carboxylic acids is 1. The van der Waals surface area contributed by atoms with Crippen molar-refractivity contribution in [2.45, 2.75) is 37.9 Å². The minimum atomic E-state index is -0.744. The number of thioether (sulfide) groups is 1. The van der Waals surface area contributed by atoms with Crippen LogP contribution in [0.3, 0.4) is 0 Å². The Kier molecular flexibility index (Phi) is 7.08. The summed E-state index contributed by atoms with van der Waals surface area (Å²) < 4.78 is 5.44. The third-order valence-electron chi connectivity index (χ3n) is 3.87. The second-order valence-corrected chi connectivity index (χ2v) is 7.10. The highest BCUT2D eigenvalue weighted by molar-refractivity contribution is 8.00. The molecule has 1 amide bonds. The lowest BCUT2D eigenvalue weighted by Crippen LogP contribution is -2.44. The van der Waals surface area contributed by atoms with E-state index in [1.807, 2.05) is 44.2 Å². The molecule has 0 spiro atoms. The largest absolute Gasteiger partial charge is 0.480 e. The molecule has 0 aromatic heterocycles. The first kappa shape index (κ1) is 18.8. The number of nitrogens with zero attached hydrogens (tertiary/aromatic N) is 1. The molecular formula is C17H24N2O4S. The fourth-order valence-corrected chi connectivity index (χ4v) is 3.52. The number of nitrogens with one attached hydrogen (secondary N) is 1. The molecule has 2 aliphatic rings. The van der Waals surface area contributed by atoms with E-state index in [2.05, 4.69) is 5.32 Å². The van der Waals surface area contributed by atoms with E-state index in [0.717, 1.165) is 25.1 Å². The van der Waals surface area contributed by atoms with Crippen molar-refractivity contribution in [3.05, 3.63) is 35.9 Å². The second-order valence-electron chi connectivity index (χ2n) is 5.72. The van der Waals surface area contributed by atoms with E-state index in [9.17, 15) is 9.59 Å². The minimum absolute atomic E-state index is 0.0581. The van der Waals surface area contributed by atoms with Crippen LogP contribution in [0.25, 0.3) is 0 Å². The summed E-state index contributed by atoms with van der Waals surface area (Å²) >= 11 is 1.64. The van der Waals surface area contributed by atoms with Gasteiger partial charge in [-0.15, -0.1) is 11.8 Å². The van der Waals surface area contributed by atoms with Gasteiger partial charge < -0.3 is 14.7 Å². The van der Waals surface area contributed by atoms with E-state index in [1.54, 1.807) is 16.7 Å². The molecule has 0 aliphatic carbocycles. The predicted molar refractivity (Wildman–Crippen MR) is 94.0 cm³/mol. The van der Waals surface area contributed by atoms with Gasteiger partial charge in [-0.3, -0.25) is 14.9 Å². The molecule has 3 rings (SSSR count). The third kappa shape index (κ3) is 5.22. The molecule has 1 aromatic carbocycles. The number of carboxylic acids is 1. The van der Waals surface area contributed by atoms with Crippen molar-refractivity contribution in [2.24, 2.45) is 0 Å². The van der Waals surface area contributed by atoms with Gasteiger partial charge in [0.25, 0.3) is 5.91 Å². The van der Waals surface area contributed by atoms with E-state index in [0.29, 0.717) is 11.1 Å². The Morgan fingerprint density at radius 3 is 2.50 bits per heavy atom. The van der Waals surface area contributed by atoms with E-state index >= 15 is 0 Å². The van der Waals surface area contributed by atoms with Crippen LogP contribution in [0.2, 0.25) is 0 Å². The second kappa shape index (κ2) is 9.05. The van der Waals surface area contributed by atoms with E-state index < -0.39 is 5.97 Å². The van der Waals surface area contributed by atoms with Crippen molar-refractivity contribution in [1.29, 1.82) is 0 Å². The number of carboxylic acid groups (broad SMARTS) is 1. The van der Waals surface area contributed by atoms with Crippen molar-refractivity contribution >= 4 is 23.6 Å². The van der Waals surface area contributed by atoms with Crippen molar-refractivity contribution in [3.8, 4) is 0 Å². The van der Waals surface area contributed by atoms with Gasteiger partial charge >= 0.3 is 5.97 Å². The topological polar surface area (TPSA) is 78.9 Å². The maximum Gasteiger partial charge on any atom is 0.321 e. The maximum absolute atomic E-state index is 12.1. The molecule has 2 aliphatic heterocycles. The summed E-state index contributed by atoms with van der Waals surface area (Å²) in [6.45, 7) is 5.42. The summed E-state index contributed by atoms with van der Waals surface area (Å²) in [4.78, 5) is 24.1. The van der Waals surface area contributed by atoms with Crippen molar-refractivity contribution in [3.63, 3.8) is 0 Å². The summed E-state index contributed by atoms with van der Waals surface area (Å²) in [5.74, 6) is 0.00546. The van der Waals surface area contributed by atoms with Gasteiger partial charge in [-0.25, -0.2) is 0 Å². The lowest BCUT2D eigenvalue weighted by molar-refractivity contribution is -0.138. The Balaban J connectivity index is 0.000000198. The summed E-state index contributed by atoms with van der Waals surface area (Å²) in [5, 5.41) is 11.7. The van der Waals surface area contributed by atoms with Crippen LogP contribution in [0.4, 0.5) is 0 Å². The molecule has 0 bridgehead atoms. The SMILES string of the molecule is CC1NC(C(=O)O)CS1.CC1OCCCN1C(=O)c1ccccc1. The number of amides is 1. The molecule has 3 atom stereocenters. The first-order valence-electron chi connectivity index (χ1n) is 8.07. The summed E-state index contributed by atoms with van der Waals surface area (Å²) in [6, 6.07) is 9.01. The Bertz CT molecular complexity index is 555. The van der Waals surface area contributed by atoms with E-state index in [4.69, 9.17) is 9.84 Å². The van der Waals surface area contributed by atoms with Gasteiger partial charge in [0.15, 0.2) is 0 Å². The monoisotopic (exact) mass is 352 g/mol. The molecule has 2 N–H and O–H groups in total. The Morgan fingerprint density at radius 2 is 2.00 bits per heavy atom. The zero-order valence-corrected chi connectivity index (χ0v) is 14.8. The molecule has 3 unspecified atom stereocenters. The average Bonchev–Trinajstić information content (AvgIpc) is 3.03.